The molecule has 0 radical (unpaired) electrons. The first-order valence-corrected chi connectivity index (χ1v) is 10.2. The van der Waals surface area contributed by atoms with Crippen LogP contribution in [0.2, 0.25) is 10.0 Å². The van der Waals surface area contributed by atoms with Gasteiger partial charge in [0.25, 0.3) is 5.56 Å². The second-order valence-electron chi connectivity index (χ2n) is 6.52. The molecular weight excluding hydrogens is 437 g/mol. The number of thiophene rings is 1. The fraction of sp³-hybridized carbons (Fsp3) is 0.263. The zero-order chi connectivity index (χ0) is 21.3. The lowest BCUT2D eigenvalue weighted by Crippen LogP contribution is -2.28. The lowest BCUT2D eigenvalue weighted by molar-refractivity contribution is -0.116. The number of amides is 1. The van der Waals surface area contributed by atoms with Crippen LogP contribution in [0.3, 0.4) is 0 Å². The average Bonchev–Trinajstić information content (AvgIpc) is 2.98. The number of halogens is 2. The molecule has 1 aromatic carbocycles. The minimum absolute atomic E-state index is 0.213. The van der Waals surface area contributed by atoms with Crippen molar-refractivity contribution in [3.63, 3.8) is 0 Å². The maximum Gasteiger partial charge on any atom is 0.348 e. The van der Waals surface area contributed by atoms with Crippen molar-refractivity contribution in [2.24, 2.45) is 0 Å². The van der Waals surface area contributed by atoms with Gasteiger partial charge in [0.2, 0.25) is 5.91 Å². The Labute approximate surface area is 180 Å². The number of hydrogen-bond donors (Lipinski definition) is 1. The molecule has 1 N–H and O–H groups in total. The third-order valence-electron chi connectivity index (χ3n) is 3.99. The van der Waals surface area contributed by atoms with Gasteiger partial charge < -0.3 is 10.1 Å². The monoisotopic (exact) mass is 453 g/mol. The number of esters is 1. The lowest BCUT2D eigenvalue weighted by atomic mass is 10.2. The van der Waals surface area contributed by atoms with E-state index in [9.17, 15) is 14.4 Å². The highest BCUT2D eigenvalue weighted by molar-refractivity contribution is 7.20. The van der Waals surface area contributed by atoms with Crippen LogP contribution < -0.4 is 10.9 Å². The number of aryl methyl sites for hydroxylation is 1. The van der Waals surface area contributed by atoms with Crippen molar-refractivity contribution in [2.45, 2.75) is 33.4 Å². The minimum atomic E-state index is -0.500. The molecule has 0 bridgehead atoms. The largest absolute Gasteiger partial charge is 0.459 e. The van der Waals surface area contributed by atoms with Gasteiger partial charge in [0.15, 0.2) is 0 Å². The summed E-state index contributed by atoms with van der Waals surface area (Å²) in [6, 6.07) is 4.85. The first-order chi connectivity index (χ1) is 13.7. The Morgan fingerprint density at radius 2 is 2.03 bits per heavy atom. The standard InChI is InChI=1S/C19H17Cl2N3O4S/c1-9(2)28-19(27)16-10(3)14-17(29-16)22-8-24(18(14)26)7-13(25)23-12-6-4-5-11(20)15(12)21/h4-6,8-9H,7H2,1-3H3,(H,23,25). The van der Waals surface area contributed by atoms with Crippen molar-refractivity contribution in [3.8, 4) is 0 Å². The fourth-order valence-corrected chi connectivity index (χ4v) is 4.05. The van der Waals surface area contributed by atoms with Crippen LogP contribution in [-0.2, 0) is 16.1 Å². The summed E-state index contributed by atoms with van der Waals surface area (Å²) >= 11 is 13.1. The third-order valence-corrected chi connectivity index (χ3v) is 5.98. The highest BCUT2D eigenvalue weighted by Crippen LogP contribution is 2.30. The van der Waals surface area contributed by atoms with E-state index in [0.29, 0.717) is 31.4 Å². The Morgan fingerprint density at radius 1 is 1.31 bits per heavy atom. The zero-order valence-corrected chi connectivity index (χ0v) is 18.1. The van der Waals surface area contributed by atoms with Gasteiger partial charge in [-0.1, -0.05) is 29.3 Å². The van der Waals surface area contributed by atoms with E-state index in [-0.39, 0.29) is 17.7 Å². The Morgan fingerprint density at radius 3 is 2.72 bits per heavy atom. The van der Waals surface area contributed by atoms with Crippen LogP contribution in [0.4, 0.5) is 5.69 Å². The molecule has 3 aromatic rings. The summed E-state index contributed by atoms with van der Waals surface area (Å²) in [7, 11) is 0. The van der Waals surface area contributed by atoms with Crippen molar-refractivity contribution >= 4 is 62.3 Å². The summed E-state index contributed by atoms with van der Waals surface area (Å²) in [5.74, 6) is -0.968. The number of nitrogens with zero attached hydrogens (tertiary/aromatic N) is 2. The van der Waals surface area contributed by atoms with Crippen LogP contribution in [0.1, 0.15) is 29.1 Å². The first-order valence-electron chi connectivity index (χ1n) is 8.62. The first kappa shape index (κ1) is 21.3. The minimum Gasteiger partial charge on any atom is -0.459 e. The van der Waals surface area contributed by atoms with E-state index in [1.807, 2.05) is 0 Å². The second kappa shape index (κ2) is 8.52. The van der Waals surface area contributed by atoms with Crippen molar-refractivity contribution < 1.29 is 14.3 Å². The fourth-order valence-electron chi connectivity index (χ4n) is 2.68. The van der Waals surface area contributed by atoms with E-state index in [4.69, 9.17) is 27.9 Å². The van der Waals surface area contributed by atoms with Crippen molar-refractivity contribution in [1.82, 2.24) is 9.55 Å². The second-order valence-corrected chi connectivity index (χ2v) is 8.30. The van der Waals surface area contributed by atoms with Gasteiger partial charge in [0.05, 0.1) is 33.6 Å². The normalized spacial score (nSPS) is 11.1. The molecule has 0 saturated heterocycles. The van der Waals surface area contributed by atoms with Crippen molar-refractivity contribution in [1.29, 1.82) is 0 Å². The third kappa shape index (κ3) is 4.44. The van der Waals surface area contributed by atoms with E-state index in [2.05, 4.69) is 10.3 Å². The number of benzene rings is 1. The zero-order valence-electron chi connectivity index (χ0n) is 15.8. The predicted octanol–water partition coefficient (Wildman–Crippen LogP) is 4.28. The molecule has 0 saturated carbocycles. The maximum absolute atomic E-state index is 12.9. The van der Waals surface area contributed by atoms with E-state index < -0.39 is 17.4 Å². The highest BCUT2D eigenvalue weighted by atomic mass is 35.5. The summed E-state index contributed by atoms with van der Waals surface area (Å²) in [5, 5.41) is 3.43. The summed E-state index contributed by atoms with van der Waals surface area (Å²) in [4.78, 5) is 42.5. The van der Waals surface area contributed by atoms with Gasteiger partial charge in [-0.25, -0.2) is 9.78 Å². The molecule has 0 spiro atoms. The van der Waals surface area contributed by atoms with Crippen molar-refractivity contribution in [3.05, 3.63) is 55.4 Å². The van der Waals surface area contributed by atoms with Gasteiger partial charge in [-0.3, -0.25) is 14.2 Å². The molecule has 0 aliphatic carbocycles. The molecule has 0 aliphatic rings. The Kier molecular flexibility index (Phi) is 6.26. The molecule has 0 aliphatic heterocycles. The lowest BCUT2D eigenvalue weighted by Gasteiger charge is -2.09. The number of aromatic nitrogens is 2. The molecule has 1 amide bonds. The molecule has 152 valence electrons. The summed E-state index contributed by atoms with van der Waals surface area (Å²) in [6.07, 6.45) is 0.996. The summed E-state index contributed by atoms with van der Waals surface area (Å²) in [6.45, 7) is 4.88. The maximum atomic E-state index is 12.9. The number of anilines is 1. The molecule has 7 nitrogen and oxygen atoms in total. The molecule has 3 rings (SSSR count). The molecule has 10 heteroatoms. The molecule has 2 aromatic heterocycles. The van der Waals surface area contributed by atoms with Crippen LogP contribution in [0.15, 0.2) is 29.3 Å². The molecule has 0 fully saturated rings. The van der Waals surface area contributed by atoms with Crippen LogP contribution in [-0.4, -0.2) is 27.5 Å². The van der Waals surface area contributed by atoms with Crippen molar-refractivity contribution in [2.75, 3.05) is 5.32 Å². The number of rotatable bonds is 5. The van der Waals surface area contributed by atoms with Crippen LogP contribution in [0.25, 0.3) is 10.2 Å². The summed E-state index contributed by atoms with van der Waals surface area (Å²) in [5.41, 5.74) is 0.414. The van der Waals surface area contributed by atoms with Gasteiger partial charge >= 0.3 is 5.97 Å². The number of hydrogen-bond acceptors (Lipinski definition) is 6. The topological polar surface area (TPSA) is 90.3 Å². The smallest absolute Gasteiger partial charge is 0.348 e. The average molecular weight is 454 g/mol. The Hall–Kier alpha value is -2.42. The summed E-state index contributed by atoms with van der Waals surface area (Å²) < 4.78 is 6.39. The number of carbonyl (C=O) groups excluding carboxylic acids is 2. The number of carbonyl (C=O) groups is 2. The van der Waals surface area contributed by atoms with Crippen LogP contribution in [0.5, 0.6) is 0 Å². The van der Waals surface area contributed by atoms with Crippen LogP contribution >= 0.6 is 34.5 Å². The van der Waals surface area contributed by atoms with Gasteiger partial charge in [-0.05, 0) is 38.5 Å². The number of ether oxygens (including phenoxy) is 1. The molecule has 2 heterocycles. The van der Waals surface area contributed by atoms with Gasteiger partial charge in [0.1, 0.15) is 16.3 Å². The molecule has 29 heavy (non-hydrogen) atoms. The van der Waals surface area contributed by atoms with Gasteiger partial charge in [-0.2, -0.15) is 0 Å². The Balaban J connectivity index is 1.89. The van der Waals surface area contributed by atoms with Gasteiger partial charge in [-0.15, -0.1) is 11.3 Å². The van der Waals surface area contributed by atoms with E-state index in [0.717, 1.165) is 11.3 Å². The van der Waals surface area contributed by atoms with E-state index in [1.54, 1.807) is 39.0 Å². The SMILES string of the molecule is Cc1c(C(=O)OC(C)C)sc2ncn(CC(=O)Nc3cccc(Cl)c3Cl)c(=O)c12. The Bertz CT molecular complexity index is 1170. The molecule has 0 atom stereocenters. The van der Waals surface area contributed by atoms with E-state index in [1.165, 1.54) is 10.9 Å². The van der Waals surface area contributed by atoms with E-state index >= 15 is 0 Å². The van der Waals surface area contributed by atoms with Crippen LogP contribution in [0, 0.1) is 6.92 Å². The number of fused-ring (bicyclic) bond motifs is 1. The predicted molar refractivity (Wildman–Crippen MR) is 114 cm³/mol. The molecule has 0 unspecified atom stereocenters. The number of nitrogens with one attached hydrogen (secondary N) is 1. The molecular formula is C19H17Cl2N3O4S. The highest BCUT2D eigenvalue weighted by Gasteiger charge is 2.21. The quantitative estimate of drug-likeness (QED) is 0.582. The van der Waals surface area contributed by atoms with Gasteiger partial charge in [0, 0.05) is 0 Å².